The van der Waals surface area contributed by atoms with E-state index < -0.39 is 0 Å². The van der Waals surface area contributed by atoms with Crippen LogP contribution in [0.25, 0.3) is 11.4 Å². The molecule has 0 atom stereocenters. The fraction of sp³-hybridized carbons (Fsp3) is 0.217. The van der Waals surface area contributed by atoms with Crippen LogP contribution in [-0.4, -0.2) is 59.4 Å². The second kappa shape index (κ2) is 9.57. The van der Waals surface area contributed by atoms with Crippen LogP contribution >= 0.6 is 11.6 Å². The summed E-state index contributed by atoms with van der Waals surface area (Å²) in [5.41, 5.74) is 2.28. The van der Waals surface area contributed by atoms with Crippen LogP contribution in [0.4, 0.5) is 5.69 Å². The molecule has 1 aliphatic heterocycles. The zero-order valence-corrected chi connectivity index (χ0v) is 17.6. The highest BCUT2D eigenvalue weighted by Gasteiger charge is 2.21. The molecular weight excluding hydrogens is 414 g/mol. The Morgan fingerprint density at radius 1 is 0.903 bits per heavy atom. The summed E-state index contributed by atoms with van der Waals surface area (Å²) in [5, 5.41) is 3.37. The summed E-state index contributed by atoms with van der Waals surface area (Å²) in [6.45, 7) is 2.62. The number of piperazine rings is 1. The van der Waals surface area contributed by atoms with E-state index in [4.69, 9.17) is 11.6 Å². The van der Waals surface area contributed by atoms with E-state index in [1.165, 1.54) is 12.4 Å². The summed E-state index contributed by atoms with van der Waals surface area (Å²) < 4.78 is 0. The van der Waals surface area contributed by atoms with Crippen molar-refractivity contribution in [2.45, 2.75) is 0 Å². The highest BCUT2D eigenvalue weighted by atomic mass is 35.5. The maximum atomic E-state index is 12.5. The van der Waals surface area contributed by atoms with Gasteiger partial charge in [-0.25, -0.2) is 9.97 Å². The Labute approximate surface area is 185 Å². The van der Waals surface area contributed by atoms with Gasteiger partial charge in [0.1, 0.15) is 0 Å². The Morgan fingerprint density at radius 2 is 1.55 bits per heavy atom. The van der Waals surface area contributed by atoms with Gasteiger partial charge in [-0.05, 0) is 24.3 Å². The summed E-state index contributed by atoms with van der Waals surface area (Å²) >= 11 is 5.94. The number of carbonyl (C=O) groups excluding carboxylic acids is 2. The number of benzene rings is 2. The molecule has 3 aromatic rings. The van der Waals surface area contributed by atoms with E-state index in [2.05, 4.69) is 20.2 Å². The van der Waals surface area contributed by atoms with Gasteiger partial charge in [0.25, 0.3) is 5.91 Å². The van der Waals surface area contributed by atoms with Gasteiger partial charge in [0.15, 0.2) is 5.82 Å². The first-order chi connectivity index (χ1) is 15.1. The summed E-state index contributed by atoms with van der Waals surface area (Å²) in [7, 11) is 0. The van der Waals surface area contributed by atoms with E-state index in [1.807, 2.05) is 54.6 Å². The minimum absolute atomic E-state index is 0.0553. The smallest absolute Gasteiger partial charge is 0.254 e. The van der Waals surface area contributed by atoms with Gasteiger partial charge >= 0.3 is 0 Å². The van der Waals surface area contributed by atoms with Gasteiger partial charge in [-0.2, -0.15) is 0 Å². The molecule has 0 radical (unpaired) electrons. The first-order valence-electron chi connectivity index (χ1n) is 10.0. The molecule has 2 heterocycles. The highest BCUT2D eigenvalue weighted by Crippen LogP contribution is 2.19. The van der Waals surface area contributed by atoms with Crippen molar-refractivity contribution in [3.63, 3.8) is 0 Å². The Balaban J connectivity index is 1.26. The molecule has 8 heteroatoms. The molecule has 0 bridgehead atoms. The van der Waals surface area contributed by atoms with Crippen LogP contribution in [0.2, 0.25) is 5.02 Å². The third-order valence-electron chi connectivity index (χ3n) is 5.17. The van der Waals surface area contributed by atoms with Crippen LogP contribution in [0.5, 0.6) is 0 Å². The van der Waals surface area contributed by atoms with Crippen LogP contribution < -0.4 is 10.2 Å². The van der Waals surface area contributed by atoms with Crippen molar-refractivity contribution in [1.29, 1.82) is 0 Å². The quantitative estimate of drug-likeness (QED) is 0.666. The number of aromatic nitrogens is 2. The van der Waals surface area contributed by atoms with Crippen LogP contribution in [0.1, 0.15) is 10.4 Å². The Morgan fingerprint density at radius 3 is 2.19 bits per heavy atom. The predicted molar refractivity (Wildman–Crippen MR) is 120 cm³/mol. The number of hydrogen-bond donors (Lipinski definition) is 1. The molecule has 0 spiro atoms. The third kappa shape index (κ3) is 5.19. The topological polar surface area (TPSA) is 78.4 Å². The lowest BCUT2D eigenvalue weighted by atomic mass is 10.2. The molecule has 1 aliphatic rings. The summed E-state index contributed by atoms with van der Waals surface area (Å²) in [4.78, 5) is 37.3. The zero-order chi connectivity index (χ0) is 21.6. The third-order valence-corrected chi connectivity index (χ3v) is 5.42. The number of carbonyl (C=O) groups is 2. The standard InChI is InChI=1S/C23H22ClN5O2/c24-19-6-8-20(9-7-19)28-10-12-29(13-11-28)21(30)16-27-23(31)18-14-25-22(26-15-18)17-4-2-1-3-5-17/h1-9,14-15H,10-13,16H2,(H,27,31). The fourth-order valence-electron chi connectivity index (χ4n) is 3.42. The summed E-state index contributed by atoms with van der Waals surface area (Å²) in [5.74, 6) is 0.0745. The number of amides is 2. The van der Waals surface area contributed by atoms with Gasteiger partial charge in [0, 0.05) is 54.8 Å². The molecule has 0 unspecified atom stereocenters. The normalized spacial score (nSPS) is 13.7. The van der Waals surface area contributed by atoms with Gasteiger partial charge in [-0.3, -0.25) is 9.59 Å². The molecule has 2 amide bonds. The van der Waals surface area contributed by atoms with E-state index in [1.54, 1.807) is 4.90 Å². The first-order valence-corrected chi connectivity index (χ1v) is 10.4. The molecule has 4 rings (SSSR count). The number of nitrogens with zero attached hydrogens (tertiary/aromatic N) is 4. The van der Waals surface area contributed by atoms with Gasteiger partial charge in [0.05, 0.1) is 12.1 Å². The average molecular weight is 436 g/mol. The molecule has 0 aliphatic carbocycles. The van der Waals surface area contributed by atoms with E-state index in [0.29, 0.717) is 29.5 Å². The summed E-state index contributed by atoms with van der Waals surface area (Å²) in [6, 6.07) is 17.2. The van der Waals surface area contributed by atoms with Crippen molar-refractivity contribution in [3.8, 4) is 11.4 Å². The number of halogens is 1. The van der Waals surface area contributed by atoms with E-state index >= 15 is 0 Å². The van der Waals surface area contributed by atoms with Crippen molar-refractivity contribution in [2.24, 2.45) is 0 Å². The SMILES string of the molecule is O=C(NCC(=O)N1CCN(c2ccc(Cl)cc2)CC1)c1cnc(-c2ccccc2)nc1. The molecule has 1 saturated heterocycles. The van der Waals surface area contributed by atoms with Gasteiger partial charge in [-0.1, -0.05) is 41.9 Å². The van der Waals surface area contributed by atoms with Crippen molar-refractivity contribution < 1.29 is 9.59 Å². The first kappa shape index (κ1) is 20.8. The summed E-state index contributed by atoms with van der Waals surface area (Å²) in [6.07, 6.45) is 2.94. The van der Waals surface area contributed by atoms with Gasteiger partial charge in [0.2, 0.25) is 5.91 Å². The molecule has 1 fully saturated rings. The van der Waals surface area contributed by atoms with Crippen molar-refractivity contribution in [3.05, 3.63) is 77.6 Å². The largest absolute Gasteiger partial charge is 0.368 e. The Kier molecular flexibility index (Phi) is 6.43. The predicted octanol–water partition coefficient (Wildman–Crippen LogP) is 2.88. The average Bonchev–Trinajstić information content (AvgIpc) is 2.83. The minimum Gasteiger partial charge on any atom is -0.368 e. The number of hydrogen-bond acceptors (Lipinski definition) is 5. The van der Waals surface area contributed by atoms with Gasteiger partial charge in [-0.15, -0.1) is 0 Å². The highest BCUT2D eigenvalue weighted by molar-refractivity contribution is 6.30. The molecule has 1 aromatic heterocycles. The molecule has 7 nitrogen and oxygen atoms in total. The van der Waals surface area contributed by atoms with Crippen molar-refractivity contribution in [2.75, 3.05) is 37.6 Å². The van der Waals surface area contributed by atoms with Gasteiger partial charge < -0.3 is 15.1 Å². The lowest BCUT2D eigenvalue weighted by molar-refractivity contribution is -0.130. The molecule has 31 heavy (non-hydrogen) atoms. The number of anilines is 1. The van der Waals surface area contributed by atoms with E-state index in [0.717, 1.165) is 24.3 Å². The zero-order valence-electron chi connectivity index (χ0n) is 16.9. The number of rotatable bonds is 5. The molecule has 2 aromatic carbocycles. The van der Waals surface area contributed by atoms with Crippen LogP contribution in [0, 0.1) is 0 Å². The Bertz CT molecular complexity index is 1030. The molecular formula is C23H22ClN5O2. The second-order valence-corrected chi connectivity index (χ2v) is 7.62. The maximum Gasteiger partial charge on any atom is 0.254 e. The van der Waals surface area contributed by atoms with E-state index in [9.17, 15) is 9.59 Å². The fourth-order valence-corrected chi connectivity index (χ4v) is 3.54. The lowest BCUT2D eigenvalue weighted by Crippen LogP contribution is -2.51. The lowest BCUT2D eigenvalue weighted by Gasteiger charge is -2.36. The van der Waals surface area contributed by atoms with Crippen molar-refractivity contribution >= 4 is 29.1 Å². The van der Waals surface area contributed by atoms with E-state index in [-0.39, 0.29) is 18.4 Å². The number of nitrogens with one attached hydrogen (secondary N) is 1. The van der Waals surface area contributed by atoms with Crippen LogP contribution in [0.3, 0.4) is 0 Å². The second-order valence-electron chi connectivity index (χ2n) is 7.19. The van der Waals surface area contributed by atoms with Crippen molar-refractivity contribution in [1.82, 2.24) is 20.2 Å². The molecule has 1 N–H and O–H groups in total. The monoisotopic (exact) mass is 435 g/mol. The van der Waals surface area contributed by atoms with Crippen LogP contribution in [0.15, 0.2) is 67.0 Å². The molecule has 158 valence electrons. The van der Waals surface area contributed by atoms with Crippen LogP contribution in [-0.2, 0) is 4.79 Å². The maximum absolute atomic E-state index is 12.5. The molecule has 0 saturated carbocycles. The minimum atomic E-state index is -0.368. The Hall–Kier alpha value is -3.45.